The number of aryl methyl sites for hydroxylation is 1. The summed E-state index contributed by atoms with van der Waals surface area (Å²) in [6.07, 6.45) is 1.43. The molecule has 2 aromatic carbocycles. The third kappa shape index (κ3) is 3.07. The molecule has 0 aliphatic carbocycles. The van der Waals surface area contributed by atoms with E-state index in [1.54, 1.807) is 24.3 Å². The highest BCUT2D eigenvalue weighted by atomic mass is 19.1. The molecule has 2 aromatic rings. The number of hydrogen-bond acceptors (Lipinski definition) is 1. The molecule has 0 bridgehead atoms. The fourth-order valence-electron chi connectivity index (χ4n) is 1.76. The minimum absolute atomic E-state index is 0.255. The number of halogens is 1. The SMILES string of the molecule is C=Cc1ccc(NC(=O)c2cccc(C)c2)cc1F. The van der Waals surface area contributed by atoms with Crippen molar-refractivity contribution in [2.45, 2.75) is 6.92 Å². The number of carbonyl (C=O) groups is 1. The molecular weight excluding hydrogens is 241 g/mol. The maximum Gasteiger partial charge on any atom is 0.255 e. The van der Waals surface area contributed by atoms with Crippen LogP contribution in [0.15, 0.2) is 49.0 Å². The highest BCUT2D eigenvalue weighted by Crippen LogP contribution is 2.16. The topological polar surface area (TPSA) is 29.1 Å². The first-order valence-corrected chi connectivity index (χ1v) is 5.90. The molecule has 0 unspecified atom stereocenters. The monoisotopic (exact) mass is 255 g/mol. The molecule has 0 saturated heterocycles. The van der Waals surface area contributed by atoms with Crippen LogP contribution in [-0.4, -0.2) is 5.91 Å². The highest BCUT2D eigenvalue weighted by Gasteiger charge is 2.07. The number of carbonyl (C=O) groups excluding carboxylic acids is 1. The summed E-state index contributed by atoms with van der Waals surface area (Å²) in [4.78, 5) is 12.0. The van der Waals surface area contributed by atoms with Crippen LogP contribution in [0.2, 0.25) is 0 Å². The van der Waals surface area contributed by atoms with Crippen LogP contribution >= 0.6 is 0 Å². The Morgan fingerprint density at radius 1 is 1.26 bits per heavy atom. The van der Waals surface area contributed by atoms with Crippen LogP contribution in [0, 0.1) is 12.7 Å². The molecule has 0 aliphatic rings. The van der Waals surface area contributed by atoms with Crippen LogP contribution in [-0.2, 0) is 0 Å². The smallest absolute Gasteiger partial charge is 0.255 e. The molecular formula is C16H14FNO. The van der Waals surface area contributed by atoms with E-state index in [9.17, 15) is 9.18 Å². The summed E-state index contributed by atoms with van der Waals surface area (Å²) in [5.74, 6) is -0.661. The molecule has 2 nitrogen and oxygen atoms in total. The molecule has 0 heterocycles. The first-order valence-electron chi connectivity index (χ1n) is 5.90. The van der Waals surface area contributed by atoms with Crippen molar-refractivity contribution >= 4 is 17.7 Å². The third-order valence-electron chi connectivity index (χ3n) is 2.76. The van der Waals surface area contributed by atoms with E-state index >= 15 is 0 Å². The van der Waals surface area contributed by atoms with E-state index in [-0.39, 0.29) is 5.91 Å². The van der Waals surface area contributed by atoms with Gasteiger partial charge in [-0.15, -0.1) is 0 Å². The molecule has 0 saturated carbocycles. The van der Waals surface area contributed by atoms with Gasteiger partial charge in [0.05, 0.1) is 0 Å². The first-order chi connectivity index (χ1) is 9.10. The van der Waals surface area contributed by atoms with Gasteiger partial charge in [0.25, 0.3) is 5.91 Å². The Hall–Kier alpha value is -2.42. The summed E-state index contributed by atoms with van der Waals surface area (Å²) in [7, 11) is 0. The summed E-state index contributed by atoms with van der Waals surface area (Å²) in [6.45, 7) is 5.42. The van der Waals surface area contributed by atoms with Gasteiger partial charge < -0.3 is 5.32 Å². The highest BCUT2D eigenvalue weighted by molar-refractivity contribution is 6.04. The maximum absolute atomic E-state index is 13.5. The van der Waals surface area contributed by atoms with Crippen molar-refractivity contribution in [2.24, 2.45) is 0 Å². The molecule has 3 heteroatoms. The predicted molar refractivity (Wildman–Crippen MR) is 75.6 cm³/mol. The van der Waals surface area contributed by atoms with E-state index in [0.717, 1.165) is 5.56 Å². The Morgan fingerprint density at radius 2 is 2.05 bits per heavy atom. The van der Waals surface area contributed by atoms with Crippen LogP contribution in [0.3, 0.4) is 0 Å². The Labute approximate surface area is 111 Å². The van der Waals surface area contributed by atoms with Crippen molar-refractivity contribution in [1.82, 2.24) is 0 Å². The van der Waals surface area contributed by atoms with E-state index in [1.165, 1.54) is 12.1 Å². The zero-order valence-corrected chi connectivity index (χ0v) is 10.6. The fourth-order valence-corrected chi connectivity index (χ4v) is 1.76. The first kappa shape index (κ1) is 13.0. The summed E-state index contributed by atoms with van der Waals surface area (Å²) in [6, 6.07) is 11.7. The quantitative estimate of drug-likeness (QED) is 0.881. The lowest BCUT2D eigenvalue weighted by Gasteiger charge is -2.07. The zero-order chi connectivity index (χ0) is 13.8. The van der Waals surface area contributed by atoms with E-state index in [2.05, 4.69) is 11.9 Å². The third-order valence-corrected chi connectivity index (χ3v) is 2.76. The van der Waals surface area contributed by atoms with E-state index in [0.29, 0.717) is 16.8 Å². The van der Waals surface area contributed by atoms with E-state index in [4.69, 9.17) is 0 Å². The van der Waals surface area contributed by atoms with Gasteiger partial charge in [0.2, 0.25) is 0 Å². The van der Waals surface area contributed by atoms with Crippen LogP contribution in [0.4, 0.5) is 10.1 Å². The van der Waals surface area contributed by atoms with Crippen molar-refractivity contribution in [3.63, 3.8) is 0 Å². The molecule has 2 rings (SSSR count). The molecule has 1 amide bonds. The van der Waals surface area contributed by atoms with Gasteiger partial charge in [-0.25, -0.2) is 4.39 Å². The van der Waals surface area contributed by atoms with Gasteiger partial charge in [0.15, 0.2) is 0 Å². The average Bonchev–Trinajstić information content (AvgIpc) is 2.39. The van der Waals surface area contributed by atoms with Crippen molar-refractivity contribution < 1.29 is 9.18 Å². The number of rotatable bonds is 3. The maximum atomic E-state index is 13.5. The number of nitrogens with one attached hydrogen (secondary N) is 1. The van der Waals surface area contributed by atoms with Gasteiger partial charge in [-0.1, -0.05) is 30.4 Å². The fraction of sp³-hybridized carbons (Fsp3) is 0.0625. The van der Waals surface area contributed by atoms with Crippen LogP contribution in [0.25, 0.3) is 6.08 Å². The molecule has 0 spiro atoms. The van der Waals surface area contributed by atoms with Gasteiger partial charge in [0, 0.05) is 16.8 Å². The summed E-state index contributed by atoms with van der Waals surface area (Å²) in [5.41, 5.74) is 2.39. The number of anilines is 1. The van der Waals surface area contributed by atoms with Crippen LogP contribution in [0.5, 0.6) is 0 Å². The van der Waals surface area contributed by atoms with Gasteiger partial charge in [-0.2, -0.15) is 0 Å². The lowest BCUT2D eigenvalue weighted by atomic mass is 10.1. The Kier molecular flexibility index (Phi) is 3.76. The standard InChI is InChI=1S/C16H14FNO/c1-3-12-7-8-14(10-15(12)17)18-16(19)13-6-4-5-11(2)9-13/h3-10H,1H2,2H3,(H,18,19). The van der Waals surface area contributed by atoms with Crippen molar-refractivity contribution in [2.75, 3.05) is 5.32 Å². The van der Waals surface area contributed by atoms with Crippen molar-refractivity contribution in [3.05, 3.63) is 71.6 Å². The lowest BCUT2D eigenvalue weighted by molar-refractivity contribution is 0.102. The van der Waals surface area contributed by atoms with Gasteiger partial charge >= 0.3 is 0 Å². The summed E-state index contributed by atoms with van der Waals surface area (Å²) in [5, 5.41) is 2.66. The van der Waals surface area contributed by atoms with Gasteiger partial charge in [0.1, 0.15) is 5.82 Å². The number of benzene rings is 2. The molecule has 96 valence electrons. The van der Waals surface area contributed by atoms with E-state index in [1.807, 2.05) is 19.1 Å². The van der Waals surface area contributed by atoms with Crippen molar-refractivity contribution in [3.8, 4) is 0 Å². The minimum Gasteiger partial charge on any atom is -0.322 e. The van der Waals surface area contributed by atoms with Crippen molar-refractivity contribution in [1.29, 1.82) is 0 Å². The number of hydrogen-bond donors (Lipinski definition) is 1. The van der Waals surface area contributed by atoms with Gasteiger partial charge in [-0.3, -0.25) is 4.79 Å². The number of amides is 1. The minimum atomic E-state index is -0.406. The van der Waals surface area contributed by atoms with Crippen LogP contribution < -0.4 is 5.32 Å². The molecule has 0 fully saturated rings. The Bertz CT molecular complexity index is 634. The van der Waals surface area contributed by atoms with E-state index < -0.39 is 5.82 Å². The van der Waals surface area contributed by atoms with Gasteiger partial charge in [-0.05, 0) is 37.3 Å². The molecule has 0 radical (unpaired) electrons. The Morgan fingerprint density at radius 3 is 2.68 bits per heavy atom. The zero-order valence-electron chi connectivity index (χ0n) is 10.6. The second-order valence-corrected chi connectivity index (χ2v) is 4.26. The largest absolute Gasteiger partial charge is 0.322 e. The summed E-state index contributed by atoms with van der Waals surface area (Å²) < 4.78 is 13.5. The second kappa shape index (κ2) is 5.48. The molecule has 0 aliphatic heterocycles. The molecule has 0 aromatic heterocycles. The molecule has 1 N–H and O–H groups in total. The predicted octanol–water partition coefficient (Wildman–Crippen LogP) is 4.03. The second-order valence-electron chi connectivity index (χ2n) is 4.26. The lowest BCUT2D eigenvalue weighted by Crippen LogP contribution is -2.12. The molecule has 19 heavy (non-hydrogen) atoms. The normalized spacial score (nSPS) is 10.0. The average molecular weight is 255 g/mol. The summed E-state index contributed by atoms with van der Waals surface area (Å²) >= 11 is 0. The Balaban J connectivity index is 2.19. The molecule has 0 atom stereocenters. The van der Waals surface area contributed by atoms with Crippen LogP contribution in [0.1, 0.15) is 21.5 Å².